The second-order valence-electron chi connectivity index (χ2n) is 4.91. The van der Waals surface area contributed by atoms with Gasteiger partial charge in [0.1, 0.15) is 0 Å². The molecular formula is C13H19N3O. The molecule has 0 radical (unpaired) electrons. The Morgan fingerprint density at radius 3 is 2.71 bits per heavy atom. The van der Waals surface area contributed by atoms with Gasteiger partial charge in [0.25, 0.3) is 0 Å². The van der Waals surface area contributed by atoms with Crippen molar-refractivity contribution in [1.29, 1.82) is 0 Å². The molecule has 1 aliphatic rings. The van der Waals surface area contributed by atoms with Gasteiger partial charge in [0.15, 0.2) is 0 Å². The first-order valence-electron chi connectivity index (χ1n) is 6.02. The first-order valence-corrected chi connectivity index (χ1v) is 6.02. The van der Waals surface area contributed by atoms with Crippen LogP contribution in [-0.2, 0) is 4.79 Å². The average Bonchev–Trinajstić information content (AvgIpc) is 2.29. The lowest BCUT2D eigenvalue weighted by Crippen LogP contribution is -2.49. The van der Waals surface area contributed by atoms with Crippen molar-refractivity contribution < 1.29 is 4.79 Å². The highest BCUT2D eigenvalue weighted by Crippen LogP contribution is 2.21. The summed E-state index contributed by atoms with van der Waals surface area (Å²) in [6, 6.07) is 2.07. The van der Waals surface area contributed by atoms with Crippen LogP contribution in [0.25, 0.3) is 0 Å². The summed E-state index contributed by atoms with van der Waals surface area (Å²) in [4.78, 5) is 20.0. The minimum absolute atomic E-state index is 0.154. The standard InChI is InChI=1S/C13H19N3O/c1-10(2)11-6-12(8-14-7-11)16-5-4-15(3)9-13(16)17/h6-8,10H,4-5,9H2,1-3H3. The fraction of sp³-hybridized carbons (Fsp3) is 0.538. The molecule has 1 amide bonds. The second-order valence-corrected chi connectivity index (χ2v) is 4.91. The summed E-state index contributed by atoms with van der Waals surface area (Å²) in [7, 11) is 1.97. The Kier molecular flexibility index (Phi) is 3.43. The van der Waals surface area contributed by atoms with Crippen molar-refractivity contribution in [2.75, 3.05) is 31.6 Å². The first-order chi connectivity index (χ1) is 8.08. The van der Waals surface area contributed by atoms with Gasteiger partial charge >= 0.3 is 0 Å². The van der Waals surface area contributed by atoms with E-state index in [2.05, 4.69) is 24.9 Å². The predicted octanol–water partition coefficient (Wildman–Crippen LogP) is 1.48. The maximum Gasteiger partial charge on any atom is 0.241 e. The van der Waals surface area contributed by atoms with E-state index in [0.717, 1.165) is 18.8 Å². The average molecular weight is 233 g/mol. The topological polar surface area (TPSA) is 36.4 Å². The van der Waals surface area contributed by atoms with E-state index < -0.39 is 0 Å². The molecule has 0 atom stereocenters. The van der Waals surface area contributed by atoms with Crippen molar-refractivity contribution in [3.8, 4) is 0 Å². The normalized spacial score (nSPS) is 17.9. The third-order valence-electron chi connectivity index (χ3n) is 3.13. The highest BCUT2D eigenvalue weighted by Gasteiger charge is 2.23. The molecule has 2 rings (SSSR count). The lowest BCUT2D eigenvalue weighted by atomic mass is 10.1. The Morgan fingerprint density at radius 2 is 2.06 bits per heavy atom. The molecular weight excluding hydrogens is 214 g/mol. The van der Waals surface area contributed by atoms with E-state index in [1.807, 2.05) is 23.0 Å². The van der Waals surface area contributed by atoms with Gasteiger partial charge < -0.3 is 4.90 Å². The van der Waals surface area contributed by atoms with Crippen LogP contribution in [0, 0.1) is 0 Å². The summed E-state index contributed by atoms with van der Waals surface area (Å²) in [5.74, 6) is 0.589. The van der Waals surface area contributed by atoms with E-state index >= 15 is 0 Å². The summed E-state index contributed by atoms with van der Waals surface area (Å²) in [5.41, 5.74) is 2.10. The molecule has 92 valence electrons. The largest absolute Gasteiger partial charge is 0.308 e. The molecule has 1 aromatic rings. The van der Waals surface area contributed by atoms with Gasteiger partial charge in [-0.1, -0.05) is 13.8 Å². The lowest BCUT2D eigenvalue weighted by Gasteiger charge is -2.32. The van der Waals surface area contributed by atoms with E-state index in [9.17, 15) is 4.79 Å². The quantitative estimate of drug-likeness (QED) is 0.776. The third kappa shape index (κ3) is 2.64. The number of anilines is 1. The van der Waals surface area contributed by atoms with Gasteiger partial charge in [-0.2, -0.15) is 0 Å². The summed E-state index contributed by atoms with van der Waals surface area (Å²) >= 11 is 0. The third-order valence-corrected chi connectivity index (χ3v) is 3.13. The molecule has 1 aliphatic heterocycles. The van der Waals surface area contributed by atoms with Gasteiger partial charge in [0.05, 0.1) is 18.4 Å². The number of likely N-dealkylation sites (N-methyl/N-ethyl adjacent to an activating group) is 1. The summed E-state index contributed by atoms with van der Waals surface area (Å²) < 4.78 is 0. The molecule has 0 N–H and O–H groups in total. The number of piperazine rings is 1. The number of nitrogens with zero attached hydrogens (tertiary/aromatic N) is 3. The number of carbonyl (C=O) groups excluding carboxylic acids is 1. The van der Waals surface area contributed by atoms with Crippen molar-refractivity contribution in [1.82, 2.24) is 9.88 Å². The van der Waals surface area contributed by atoms with Crippen LogP contribution in [0.2, 0.25) is 0 Å². The van der Waals surface area contributed by atoms with Crippen LogP contribution in [0.3, 0.4) is 0 Å². The van der Waals surface area contributed by atoms with Gasteiger partial charge in [-0.25, -0.2) is 0 Å². The van der Waals surface area contributed by atoms with Crippen LogP contribution >= 0.6 is 0 Å². The summed E-state index contributed by atoms with van der Waals surface area (Å²) in [6.45, 7) is 6.42. The predicted molar refractivity (Wildman–Crippen MR) is 68.2 cm³/mol. The van der Waals surface area contributed by atoms with Crippen molar-refractivity contribution in [2.24, 2.45) is 0 Å². The monoisotopic (exact) mass is 233 g/mol. The van der Waals surface area contributed by atoms with Gasteiger partial charge in [0.2, 0.25) is 5.91 Å². The molecule has 0 aliphatic carbocycles. The molecule has 0 spiro atoms. The van der Waals surface area contributed by atoms with Gasteiger partial charge in [-0.3, -0.25) is 14.7 Å². The van der Waals surface area contributed by atoms with Crippen LogP contribution in [0.15, 0.2) is 18.5 Å². The SMILES string of the molecule is CC(C)c1cncc(N2CCN(C)CC2=O)c1. The maximum absolute atomic E-state index is 11.9. The fourth-order valence-corrected chi connectivity index (χ4v) is 1.97. The summed E-state index contributed by atoms with van der Waals surface area (Å²) in [5, 5.41) is 0. The molecule has 0 unspecified atom stereocenters. The van der Waals surface area contributed by atoms with Crippen molar-refractivity contribution in [3.63, 3.8) is 0 Å². The van der Waals surface area contributed by atoms with Crippen molar-refractivity contribution >= 4 is 11.6 Å². The van der Waals surface area contributed by atoms with Gasteiger partial charge in [-0.15, -0.1) is 0 Å². The minimum atomic E-state index is 0.154. The molecule has 1 saturated heterocycles. The van der Waals surface area contributed by atoms with E-state index in [0.29, 0.717) is 12.5 Å². The van der Waals surface area contributed by atoms with Crippen LogP contribution in [0.1, 0.15) is 25.3 Å². The zero-order chi connectivity index (χ0) is 12.4. The molecule has 0 saturated carbocycles. The number of pyridine rings is 1. The van der Waals surface area contributed by atoms with Crippen LogP contribution in [0.5, 0.6) is 0 Å². The van der Waals surface area contributed by atoms with Crippen LogP contribution in [-0.4, -0.2) is 42.5 Å². The van der Waals surface area contributed by atoms with Crippen LogP contribution < -0.4 is 4.90 Å². The zero-order valence-electron chi connectivity index (χ0n) is 10.7. The number of aromatic nitrogens is 1. The Morgan fingerprint density at radius 1 is 1.29 bits per heavy atom. The Balaban J connectivity index is 2.22. The van der Waals surface area contributed by atoms with E-state index in [4.69, 9.17) is 0 Å². The van der Waals surface area contributed by atoms with Gasteiger partial charge in [-0.05, 0) is 24.6 Å². The highest BCUT2D eigenvalue weighted by atomic mass is 16.2. The lowest BCUT2D eigenvalue weighted by molar-refractivity contribution is -0.120. The highest BCUT2D eigenvalue weighted by molar-refractivity contribution is 5.95. The Bertz CT molecular complexity index is 417. The van der Waals surface area contributed by atoms with Crippen LogP contribution in [0.4, 0.5) is 5.69 Å². The van der Waals surface area contributed by atoms with E-state index in [1.165, 1.54) is 5.56 Å². The zero-order valence-corrected chi connectivity index (χ0v) is 10.7. The molecule has 4 nitrogen and oxygen atoms in total. The number of hydrogen-bond acceptors (Lipinski definition) is 3. The smallest absolute Gasteiger partial charge is 0.241 e. The molecule has 2 heterocycles. The Labute approximate surface area is 102 Å². The fourth-order valence-electron chi connectivity index (χ4n) is 1.97. The molecule has 17 heavy (non-hydrogen) atoms. The molecule has 0 bridgehead atoms. The summed E-state index contributed by atoms with van der Waals surface area (Å²) in [6.07, 6.45) is 3.64. The molecule has 0 aromatic carbocycles. The number of carbonyl (C=O) groups is 1. The number of rotatable bonds is 2. The molecule has 1 fully saturated rings. The second kappa shape index (κ2) is 4.84. The van der Waals surface area contributed by atoms with E-state index in [-0.39, 0.29) is 5.91 Å². The number of amides is 1. The van der Waals surface area contributed by atoms with Crippen molar-refractivity contribution in [3.05, 3.63) is 24.0 Å². The minimum Gasteiger partial charge on any atom is -0.308 e. The number of hydrogen-bond donors (Lipinski definition) is 0. The maximum atomic E-state index is 11.9. The van der Waals surface area contributed by atoms with E-state index in [1.54, 1.807) is 6.20 Å². The molecule has 1 aromatic heterocycles. The van der Waals surface area contributed by atoms with Crippen molar-refractivity contribution in [2.45, 2.75) is 19.8 Å². The Hall–Kier alpha value is -1.42. The molecule has 4 heteroatoms. The first kappa shape index (κ1) is 12.0. The van der Waals surface area contributed by atoms with Gasteiger partial charge in [0, 0.05) is 19.3 Å².